The SMILES string of the molecule is N#CC1(c2ccc(C(F)(F)F)cc2)CCN(c2ccc(-c3nc(COC(=O)c4ccccc4)no3)nn2)CC1. The van der Waals surface area contributed by atoms with Crippen LogP contribution in [0.25, 0.3) is 11.6 Å². The molecule has 0 atom stereocenters. The second-order valence-electron chi connectivity index (χ2n) is 8.99. The van der Waals surface area contributed by atoms with Gasteiger partial charge in [-0.3, -0.25) is 0 Å². The molecule has 3 heterocycles. The topological polar surface area (TPSA) is 118 Å². The van der Waals surface area contributed by atoms with Crippen LogP contribution in [-0.4, -0.2) is 39.4 Å². The number of carbonyl (C=O) groups is 1. The first-order chi connectivity index (χ1) is 18.8. The fraction of sp³-hybridized carbons (Fsp3) is 0.259. The van der Waals surface area contributed by atoms with Crippen molar-refractivity contribution in [1.82, 2.24) is 20.3 Å². The van der Waals surface area contributed by atoms with Gasteiger partial charge in [-0.05, 0) is 54.8 Å². The van der Waals surface area contributed by atoms with Gasteiger partial charge in [0.1, 0.15) is 0 Å². The lowest BCUT2D eigenvalue weighted by Crippen LogP contribution is -2.42. The number of hydrogen-bond donors (Lipinski definition) is 0. The summed E-state index contributed by atoms with van der Waals surface area (Å²) in [7, 11) is 0. The van der Waals surface area contributed by atoms with Crippen LogP contribution in [0.2, 0.25) is 0 Å². The molecule has 0 spiro atoms. The first kappa shape index (κ1) is 25.8. The van der Waals surface area contributed by atoms with Gasteiger partial charge in [-0.2, -0.15) is 23.4 Å². The third kappa shape index (κ3) is 5.57. The van der Waals surface area contributed by atoms with Crippen LogP contribution in [-0.2, 0) is 22.9 Å². The van der Waals surface area contributed by atoms with Crippen molar-refractivity contribution in [2.45, 2.75) is 31.0 Å². The van der Waals surface area contributed by atoms with Gasteiger partial charge in [0, 0.05) is 13.1 Å². The second kappa shape index (κ2) is 10.5. The molecule has 0 saturated carbocycles. The zero-order chi connectivity index (χ0) is 27.5. The first-order valence-electron chi connectivity index (χ1n) is 12.0. The number of halogens is 3. The van der Waals surface area contributed by atoms with E-state index in [1.54, 1.807) is 42.5 Å². The van der Waals surface area contributed by atoms with Gasteiger partial charge >= 0.3 is 12.1 Å². The van der Waals surface area contributed by atoms with E-state index in [9.17, 15) is 23.2 Å². The number of piperidine rings is 1. The third-order valence-electron chi connectivity index (χ3n) is 6.60. The van der Waals surface area contributed by atoms with Crippen molar-refractivity contribution >= 4 is 11.8 Å². The van der Waals surface area contributed by atoms with Crippen LogP contribution in [0.5, 0.6) is 0 Å². The molecule has 1 fully saturated rings. The zero-order valence-corrected chi connectivity index (χ0v) is 20.4. The van der Waals surface area contributed by atoms with Gasteiger partial charge in [0.15, 0.2) is 18.1 Å². The van der Waals surface area contributed by atoms with Crippen LogP contribution in [0, 0.1) is 11.3 Å². The number of rotatable bonds is 6. The van der Waals surface area contributed by atoms with Crippen molar-refractivity contribution in [1.29, 1.82) is 5.26 Å². The monoisotopic (exact) mass is 534 g/mol. The van der Waals surface area contributed by atoms with Crippen LogP contribution >= 0.6 is 0 Å². The summed E-state index contributed by atoms with van der Waals surface area (Å²) in [6, 6.07) is 19.1. The highest BCUT2D eigenvalue weighted by molar-refractivity contribution is 5.89. The van der Waals surface area contributed by atoms with Gasteiger partial charge in [0.2, 0.25) is 5.82 Å². The quantitative estimate of drug-likeness (QED) is 0.316. The molecule has 9 nitrogen and oxygen atoms in total. The lowest BCUT2D eigenvalue weighted by molar-refractivity contribution is -0.137. The average molecular weight is 534 g/mol. The number of esters is 1. The van der Waals surface area contributed by atoms with Gasteiger partial charge in [-0.1, -0.05) is 35.5 Å². The predicted molar refractivity (Wildman–Crippen MR) is 131 cm³/mol. The molecular formula is C27H21F3N6O3. The molecule has 0 bridgehead atoms. The van der Waals surface area contributed by atoms with Gasteiger partial charge < -0.3 is 14.2 Å². The number of nitriles is 1. The molecule has 1 aliphatic heterocycles. The maximum atomic E-state index is 12.9. The molecule has 39 heavy (non-hydrogen) atoms. The second-order valence-corrected chi connectivity index (χ2v) is 8.99. The Labute approximate surface area is 220 Å². The van der Waals surface area contributed by atoms with E-state index in [2.05, 4.69) is 26.4 Å². The van der Waals surface area contributed by atoms with E-state index in [1.807, 2.05) is 4.90 Å². The van der Waals surface area contributed by atoms with Crippen LogP contribution < -0.4 is 4.90 Å². The van der Waals surface area contributed by atoms with Crippen molar-refractivity contribution in [3.05, 3.63) is 89.2 Å². The molecule has 4 aromatic rings. The van der Waals surface area contributed by atoms with E-state index >= 15 is 0 Å². The molecule has 2 aromatic heterocycles. The number of benzene rings is 2. The summed E-state index contributed by atoms with van der Waals surface area (Å²) >= 11 is 0. The van der Waals surface area contributed by atoms with E-state index in [-0.39, 0.29) is 18.3 Å². The largest absolute Gasteiger partial charge is 0.454 e. The van der Waals surface area contributed by atoms with E-state index in [1.165, 1.54) is 12.1 Å². The summed E-state index contributed by atoms with van der Waals surface area (Å²) in [5, 5.41) is 22.1. The molecule has 0 radical (unpaired) electrons. The highest BCUT2D eigenvalue weighted by atomic mass is 19.4. The molecule has 1 saturated heterocycles. The van der Waals surface area contributed by atoms with Crippen LogP contribution in [0.1, 0.15) is 40.2 Å². The molecule has 12 heteroatoms. The molecule has 0 unspecified atom stereocenters. The van der Waals surface area contributed by atoms with Crippen molar-refractivity contribution < 1.29 is 27.2 Å². The van der Waals surface area contributed by atoms with E-state index < -0.39 is 23.1 Å². The van der Waals surface area contributed by atoms with Gasteiger partial charge in [-0.15, -0.1) is 10.2 Å². The standard InChI is InChI=1S/C27H21F3N6O3/c28-27(29,30)20-8-6-19(7-9-20)26(17-31)12-14-36(15-13-26)23-11-10-21(33-34-23)24-32-22(35-39-24)16-38-25(37)18-4-2-1-3-5-18/h1-11H,12-16H2. The molecule has 1 aliphatic rings. The summed E-state index contributed by atoms with van der Waals surface area (Å²) in [6.07, 6.45) is -3.58. The molecule has 0 N–H and O–H groups in total. The Morgan fingerprint density at radius 3 is 2.36 bits per heavy atom. The molecule has 2 aromatic carbocycles. The number of alkyl halides is 3. The minimum Gasteiger partial charge on any atom is -0.454 e. The summed E-state index contributed by atoms with van der Waals surface area (Å²) in [4.78, 5) is 18.2. The number of anilines is 1. The number of aromatic nitrogens is 4. The van der Waals surface area contributed by atoms with Crippen LogP contribution in [0.3, 0.4) is 0 Å². The fourth-order valence-electron chi connectivity index (χ4n) is 4.37. The van der Waals surface area contributed by atoms with Gasteiger partial charge in [-0.25, -0.2) is 4.79 Å². The maximum absolute atomic E-state index is 12.9. The maximum Gasteiger partial charge on any atom is 0.416 e. The Bertz CT molecular complexity index is 1470. The lowest BCUT2D eigenvalue weighted by atomic mass is 9.74. The van der Waals surface area contributed by atoms with Gasteiger partial charge in [0.05, 0.1) is 22.6 Å². The average Bonchev–Trinajstić information content (AvgIpc) is 3.45. The van der Waals surface area contributed by atoms with Crippen molar-refractivity contribution in [2.75, 3.05) is 18.0 Å². The zero-order valence-electron chi connectivity index (χ0n) is 20.4. The molecule has 198 valence electrons. The van der Waals surface area contributed by atoms with Crippen molar-refractivity contribution in [2.24, 2.45) is 0 Å². The molecule has 0 amide bonds. The van der Waals surface area contributed by atoms with Crippen LogP contribution in [0.15, 0.2) is 71.3 Å². The molecule has 5 rings (SSSR count). The fourth-order valence-corrected chi connectivity index (χ4v) is 4.37. The van der Waals surface area contributed by atoms with Crippen molar-refractivity contribution in [3.63, 3.8) is 0 Å². The predicted octanol–water partition coefficient (Wildman–Crippen LogP) is 4.96. The number of nitrogens with zero attached hydrogens (tertiary/aromatic N) is 6. The Hall–Kier alpha value is -4.79. The van der Waals surface area contributed by atoms with Crippen molar-refractivity contribution in [3.8, 4) is 17.7 Å². The summed E-state index contributed by atoms with van der Waals surface area (Å²) in [5.41, 5.74) is -0.306. The number of carbonyl (C=O) groups excluding carboxylic acids is 1. The smallest absolute Gasteiger partial charge is 0.416 e. The summed E-state index contributed by atoms with van der Waals surface area (Å²) < 4.78 is 49.2. The van der Waals surface area contributed by atoms with E-state index in [0.717, 1.165) is 12.1 Å². The minimum atomic E-state index is -4.43. The Morgan fingerprint density at radius 1 is 1.03 bits per heavy atom. The Balaban J connectivity index is 1.19. The molecular weight excluding hydrogens is 513 g/mol. The summed E-state index contributed by atoms with van der Waals surface area (Å²) in [5.74, 6) is 0.358. The van der Waals surface area contributed by atoms with Crippen LogP contribution in [0.4, 0.5) is 19.0 Å². The first-order valence-corrected chi connectivity index (χ1v) is 12.0. The minimum absolute atomic E-state index is 0.115. The number of hydrogen-bond acceptors (Lipinski definition) is 9. The highest BCUT2D eigenvalue weighted by Crippen LogP contribution is 2.38. The van der Waals surface area contributed by atoms with E-state index in [0.29, 0.717) is 48.6 Å². The lowest BCUT2D eigenvalue weighted by Gasteiger charge is -2.38. The third-order valence-corrected chi connectivity index (χ3v) is 6.60. The molecule has 0 aliphatic carbocycles. The Morgan fingerprint density at radius 2 is 1.74 bits per heavy atom. The highest BCUT2D eigenvalue weighted by Gasteiger charge is 2.38. The number of ether oxygens (including phenoxy) is 1. The normalized spacial score (nSPS) is 15.0. The van der Waals surface area contributed by atoms with E-state index in [4.69, 9.17) is 9.26 Å². The Kier molecular flexibility index (Phi) is 6.98. The van der Waals surface area contributed by atoms with Gasteiger partial charge in [0.25, 0.3) is 5.89 Å². The summed E-state index contributed by atoms with van der Waals surface area (Å²) in [6.45, 7) is 0.774.